The highest BCUT2D eigenvalue weighted by atomic mass is 35.5. The predicted molar refractivity (Wildman–Crippen MR) is 89.6 cm³/mol. The van der Waals surface area contributed by atoms with E-state index in [0.717, 1.165) is 29.5 Å². The van der Waals surface area contributed by atoms with Gasteiger partial charge in [0.05, 0.1) is 5.52 Å². The van der Waals surface area contributed by atoms with Crippen molar-refractivity contribution in [3.05, 3.63) is 41.0 Å². The van der Waals surface area contributed by atoms with Gasteiger partial charge in [-0.25, -0.2) is 4.98 Å². The van der Waals surface area contributed by atoms with Crippen LogP contribution in [-0.4, -0.2) is 23.0 Å². The second kappa shape index (κ2) is 6.33. The molecule has 1 aromatic heterocycles. The van der Waals surface area contributed by atoms with E-state index < -0.39 is 0 Å². The molecule has 0 bridgehead atoms. The maximum atomic E-state index is 6.36. The molecule has 3 rings (SSSR count). The van der Waals surface area contributed by atoms with E-state index >= 15 is 0 Å². The molecule has 2 aromatic rings. The first-order valence-corrected chi connectivity index (χ1v) is 8.28. The minimum absolute atomic E-state index is 0.652. The molecule has 1 aliphatic rings. The molecule has 0 radical (unpaired) electrons. The van der Waals surface area contributed by atoms with Gasteiger partial charge in [-0.2, -0.15) is 0 Å². The van der Waals surface area contributed by atoms with Gasteiger partial charge in [-0.3, -0.25) is 4.90 Å². The number of hydrogen-bond acceptors (Lipinski definition) is 2. The third-order valence-electron chi connectivity index (χ3n) is 4.72. The Bertz CT molecular complexity index is 616. The molecular formula is C18H23ClN2. The van der Waals surface area contributed by atoms with E-state index in [9.17, 15) is 0 Å². The number of para-hydroxylation sites is 1. The largest absolute Gasteiger partial charge is 0.299 e. The van der Waals surface area contributed by atoms with Gasteiger partial charge in [0.15, 0.2) is 0 Å². The number of fused-ring (bicyclic) bond motifs is 1. The van der Waals surface area contributed by atoms with Gasteiger partial charge in [0, 0.05) is 17.5 Å². The van der Waals surface area contributed by atoms with E-state index in [4.69, 9.17) is 11.6 Å². The lowest BCUT2D eigenvalue weighted by Crippen LogP contribution is -2.34. The third-order valence-corrected chi connectivity index (χ3v) is 5.05. The van der Waals surface area contributed by atoms with Crippen LogP contribution in [0.3, 0.4) is 0 Å². The number of benzene rings is 1. The summed E-state index contributed by atoms with van der Waals surface area (Å²) >= 11 is 6.36. The number of likely N-dealkylation sites (tertiary alicyclic amines) is 1. The van der Waals surface area contributed by atoms with Crippen molar-refractivity contribution in [1.82, 2.24) is 9.88 Å². The highest BCUT2D eigenvalue weighted by molar-refractivity contribution is 6.30. The standard InChI is InChI=1S/C18H23ClN2/c1-13(2)14-7-9-21(10-8-14)12-16-11-15-5-3-4-6-17(15)20-18(16)19/h3-6,11,13-14H,7-10,12H2,1-2H3. The summed E-state index contributed by atoms with van der Waals surface area (Å²) in [6.45, 7) is 7.94. The van der Waals surface area contributed by atoms with E-state index in [1.165, 1.54) is 31.3 Å². The summed E-state index contributed by atoms with van der Waals surface area (Å²) in [6, 6.07) is 10.4. The summed E-state index contributed by atoms with van der Waals surface area (Å²) in [6.07, 6.45) is 2.60. The molecule has 1 aliphatic heterocycles. The lowest BCUT2D eigenvalue weighted by atomic mass is 9.86. The van der Waals surface area contributed by atoms with Crippen LogP contribution in [0.4, 0.5) is 0 Å². The Balaban J connectivity index is 1.72. The molecule has 1 aromatic carbocycles. The highest BCUT2D eigenvalue weighted by Gasteiger charge is 2.22. The highest BCUT2D eigenvalue weighted by Crippen LogP contribution is 2.27. The average molecular weight is 303 g/mol. The Morgan fingerprint density at radius 3 is 2.67 bits per heavy atom. The average Bonchev–Trinajstić information content (AvgIpc) is 2.48. The predicted octanol–water partition coefficient (Wildman–Crippen LogP) is 4.76. The molecule has 1 saturated heterocycles. The van der Waals surface area contributed by atoms with Crippen LogP contribution in [0.1, 0.15) is 32.3 Å². The fraction of sp³-hybridized carbons (Fsp3) is 0.500. The molecule has 1 fully saturated rings. The molecule has 0 N–H and O–H groups in total. The van der Waals surface area contributed by atoms with Gasteiger partial charge >= 0.3 is 0 Å². The van der Waals surface area contributed by atoms with Gasteiger partial charge in [-0.05, 0) is 49.9 Å². The number of piperidine rings is 1. The van der Waals surface area contributed by atoms with Crippen LogP contribution in [0.15, 0.2) is 30.3 Å². The zero-order chi connectivity index (χ0) is 14.8. The lowest BCUT2D eigenvalue weighted by molar-refractivity contribution is 0.152. The van der Waals surface area contributed by atoms with Crippen LogP contribution in [0.2, 0.25) is 5.15 Å². The summed E-state index contributed by atoms with van der Waals surface area (Å²) in [5.41, 5.74) is 2.13. The van der Waals surface area contributed by atoms with Crippen LogP contribution in [0.5, 0.6) is 0 Å². The molecule has 112 valence electrons. The van der Waals surface area contributed by atoms with Crippen LogP contribution in [0, 0.1) is 11.8 Å². The van der Waals surface area contributed by atoms with Crippen molar-refractivity contribution >= 4 is 22.5 Å². The molecule has 2 heterocycles. The number of aromatic nitrogens is 1. The zero-order valence-corrected chi connectivity index (χ0v) is 13.6. The maximum Gasteiger partial charge on any atom is 0.134 e. The minimum atomic E-state index is 0.652. The molecule has 0 amide bonds. The molecule has 0 aliphatic carbocycles. The molecule has 0 spiro atoms. The summed E-state index contributed by atoms with van der Waals surface area (Å²) in [5.74, 6) is 1.68. The maximum absolute atomic E-state index is 6.36. The Kier molecular flexibility index (Phi) is 4.46. The topological polar surface area (TPSA) is 16.1 Å². The van der Waals surface area contributed by atoms with Gasteiger partial charge < -0.3 is 0 Å². The van der Waals surface area contributed by atoms with E-state index in [1.807, 2.05) is 12.1 Å². The van der Waals surface area contributed by atoms with Gasteiger partial charge in [-0.1, -0.05) is 43.6 Å². The Labute approximate surface area is 132 Å². The molecule has 0 atom stereocenters. The van der Waals surface area contributed by atoms with E-state index in [2.05, 4.69) is 41.9 Å². The molecule has 0 unspecified atom stereocenters. The summed E-state index contributed by atoms with van der Waals surface area (Å²) in [5, 5.41) is 1.83. The monoisotopic (exact) mass is 302 g/mol. The zero-order valence-electron chi connectivity index (χ0n) is 12.8. The Morgan fingerprint density at radius 2 is 1.95 bits per heavy atom. The number of nitrogens with zero attached hydrogens (tertiary/aromatic N) is 2. The quantitative estimate of drug-likeness (QED) is 0.760. The van der Waals surface area contributed by atoms with Gasteiger partial charge in [0.2, 0.25) is 0 Å². The van der Waals surface area contributed by atoms with Crippen molar-refractivity contribution in [1.29, 1.82) is 0 Å². The van der Waals surface area contributed by atoms with Crippen molar-refractivity contribution in [2.75, 3.05) is 13.1 Å². The van der Waals surface area contributed by atoms with Crippen molar-refractivity contribution in [2.24, 2.45) is 11.8 Å². The lowest BCUT2D eigenvalue weighted by Gasteiger charge is -2.33. The number of halogens is 1. The second-order valence-electron chi connectivity index (χ2n) is 6.49. The first-order valence-electron chi connectivity index (χ1n) is 7.90. The van der Waals surface area contributed by atoms with Crippen molar-refractivity contribution in [3.8, 4) is 0 Å². The van der Waals surface area contributed by atoms with Crippen molar-refractivity contribution < 1.29 is 0 Å². The number of rotatable bonds is 3. The van der Waals surface area contributed by atoms with Gasteiger partial charge in [-0.15, -0.1) is 0 Å². The Hall–Kier alpha value is -1.12. The van der Waals surface area contributed by atoms with Crippen LogP contribution in [0.25, 0.3) is 10.9 Å². The van der Waals surface area contributed by atoms with E-state index in [-0.39, 0.29) is 0 Å². The first kappa shape index (κ1) is 14.8. The van der Waals surface area contributed by atoms with E-state index in [1.54, 1.807) is 0 Å². The van der Waals surface area contributed by atoms with Gasteiger partial charge in [0.25, 0.3) is 0 Å². The fourth-order valence-electron chi connectivity index (χ4n) is 3.27. The molecule has 3 heteroatoms. The molecule has 2 nitrogen and oxygen atoms in total. The summed E-state index contributed by atoms with van der Waals surface area (Å²) < 4.78 is 0. The smallest absolute Gasteiger partial charge is 0.134 e. The van der Waals surface area contributed by atoms with Crippen molar-refractivity contribution in [2.45, 2.75) is 33.2 Å². The Morgan fingerprint density at radius 1 is 1.24 bits per heavy atom. The van der Waals surface area contributed by atoms with Crippen LogP contribution >= 0.6 is 11.6 Å². The summed E-state index contributed by atoms with van der Waals surface area (Å²) in [7, 11) is 0. The first-order chi connectivity index (χ1) is 10.1. The second-order valence-corrected chi connectivity index (χ2v) is 6.85. The van der Waals surface area contributed by atoms with Gasteiger partial charge in [0.1, 0.15) is 5.15 Å². The van der Waals surface area contributed by atoms with E-state index in [0.29, 0.717) is 5.15 Å². The molecule has 0 saturated carbocycles. The van der Waals surface area contributed by atoms with Crippen molar-refractivity contribution in [3.63, 3.8) is 0 Å². The summed E-state index contributed by atoms with van der Waals surface area (Å²) in [4.78, 5) is 7.03. The third kappa shape index (κ3) is 3.38. The van der Waals surface area contributed by atoms with Crippen LogP contribution < -0.4 is 0 Å². The normalized spacial score (nSPS) is 17.7. The fourth-order valence-corrected chi connectivity index (χ4v) is 3.47. The van der Waals surface area contributed by atoms with Crippen LogP contribution in [-0.2, 0) is 6.54 Å². The SMILES string of the molecule is CC(C)C1CCN(Cc2cc3ccccc3nc2Cl)CC1. The minimum Gasteiger partial charge on any atom is -0.299 e. The number of pyridine rings is 1. The number of hydrogen-bond donors (Lipinski definition) is 0. The molecular weight excluding hydrogens is 280 g/mol. The molecule has 21 heavy (non-hydrogen) atoms.